The Bertz CT molecular complexity index is 725. The summed E-state index contributed by atoms with van der Waals surface area (Å²) >= 11 is 5.98. The van der Waals surface area contributed by atoms with E-state index in [9.17, 15) is 4.79 Å². The van der Waals surface area contributed by atoms with Crippen LogP contribution in [0.15, 0.2) is 18.2 Å². The number of benzene rings is 1. The van der Waals surface area contributed by atoms with Gasteiger partial charge in [-0.25, -0.2) is 0 Å². The molecule has 0 spiro atoms. The van der Waals surface area contributed by atoms with Crippen LogP contribution in [0.1, 0.15) is 36.3 Å². The van der Waals surface area contributed by atoms with Gasteiger partial charge in [-0.2, -0.15) is 5.10 Å². The van der Waals surface area contributed by atoms with Crippen molar-refractivity contribution in [2.24, 2.45) is 0 Å². The summed E-state index contributed by atoms with van der Waals surface area (Å²) in [4.78, 5) is 12.3. The zero-order valence-corrected chi connectivity index (χ0v) is 14.9. The Balaban J connectivity index is 2.10. The second kappa shape index (κ2) is 7.04. The summed E-state index contributed by atoms with van der Waals surface area (Å²) in [7, 11) is 1.56. The summed E-state index contributed by atoms with van der Waals surface area (Å²) in [5, 5.41) is 7.91. The van der Waals surface area contributed by atoms with Gasteiger partial charge in [0.2, 0.25) is 5.91 Å². The molecule has 1 heterocycles. The fraction of sp³-hybridized carbons (Fsp3) is 0.412. The van der Waals surface area contributed by atoms with E-state index in [2.05, 4.69) is 10.4 Å². The van der Waals surface area contributed by atoms with Crippen molar-refractivity contribution in [2.75, 3.05) is 12.4 Å². The number of carbonyl (C=O) groups is 1. The molecule has 1 aromatic heterocycles. The second-order valence-corrected chi connectivity index (χ2v) is 6.12. The summed E-state index contributed by atoms with van der Waals surface area (Å²) < 4.78 is 7.14. The van der Waals surface area contributed by atoms with E-state index in [1.165, 1.54) is 0 Å². The van der Waals surface area contributed by atoms with Crippen LogP contribution in [0.25, 0.3) is 0 Å². The smallest absolute Gasteiger partial charge is 0.226 e. The summed E-state index contributed by atoms with van der Waals surface area (Å²) in [5.41, 5.74) is 3.81. The number of methoxy groups -OCH3 is 1. The van der Waals surface area contributed by atoms with Crippen LogP contribution in [-0.2, 0) is 4.79 Å². The van der Waals surface area contributed by atoms with E-state index in [0.717, 1.165) is 17.0 Å². The van der Waals surface area contributed by atoms with Gasteiger partial charge in [0.05, 0.1) is 24.5 Å². The SMILES string of the molecule is COc1ccc(Cl)cc1NC(=O)CC(C)n1nc(C)c(C)c1C. The van der Waals surface area contributed by atoms with Crippen molar-refractivity contribution in [3.63, 3.8) is 0 Å². The molecular formula is C17H22ClN3O2. The quantitative estimate of drug-likeness (QED) is 0.896. The minimum atomic E-state index is -0.108. The third-order valence-corrected chi connectivity index (χ3v) is 4.26. The average molecular weight is 336 g/mol. The first-order chi connectivity index (χ1) is 10.8. The molecule has 0 aliphatic heterocycles. The molecule has 0 bridgehead atoms. The molecule has 0 radical (unpaired) electrons. The van der Waals surface area contributed by atoms with Crippen molar-refractivity contribution in [1.29, 1.82) is 0 Å². The van der Waals surface area contributed by atoms with Crippen LogP contribution in [0.4, 0.5) is 5.69 Å². The molecule has 2 aromatic rings. The summed E-state index contributed by atoms with van der Waals surface area (Å²) in [6.07, 6.45) is 0.317. The number of halogens is 1. The lowest BCUT2D eigenvalue weighted by atomic mass is 10.2. The lowest BCUT2D eigenvalue weighted by Gasteiger charge is -2.15. The molecule has 5 nitrogen and oxygen atoms in total. The van der Waals surface area contributed by atoms with E-state index >= 15 is 0 Å². The van der Waals surface area contributed by atoms with Crippen LogP contribution >= 0.6 is 11.6 Å². The Kier molecular flexibility index (Phi) is 5.31. The maximum absolute atomic E-state index is 12.3. The Morgan fingerprint density at radius 2 is 2.09 bits per heavy atom. The molecule has 23 heavy (non-hydrogen) atoms. The minimum absolute atomic E-state index is 0.0346. The van der Waals surface area contributed by atoms with Crippen molar-refractivity contribution in [3.05, 3.63) is 40.2 Å². The molecular weight excluding hydrogens is 314 g/mol. The predicted octanol–water partition coefficient (Wildman–Crippen LogP) is 4.06. The van der Waals surface area contributed by atoms with Gasteiger partial charge >= 0.3 is 0 Å². The van der Waals surface area contributed by atoms with Crippen LogP contribution in [0.5, 0.6) is 5.75 Å². The minimum Gasteiger partial charge on any atom is -0.495 e. The van der Waals surface area contributed by atoms with Crippen LogP contribution in [-0.4, -0.2) is 22.8 Å². The number of nitrogens with one attached hydrogen (secondary N) is 1. The molecule has 2 rings (SSSR count). The number of nitrogens with zero attached hydrogens (tertiary/aromatic N) is 2. The summed E-state index contributed by atoms with van der Waals surface area (Å²) in [6.45, 7) is 8.01. The third kappa shape index (κ3) is 3.85. The molecule has 0 saturated heterocycles. The molecule has 0 saturated carbocycles. The Morgan fingerprint density at radius 1 is 1.39 bits per heavy atom. The lowest BCUT2D eigenvalue weighted by Crippen LogP contribution is -2.19. The monoisotopic (exact) mass is 335 g/mol. The van der Waals surface area contributed by atoms with Gasteiger partial charge < -0.3 is 10.1 Å². The molecule has 1 amide bonds. The molecule has 0 aliphatic rings. The number of carbonyl (C=O) groups excluding carboxylic acids is 1. The van der Waals surface area contributed by atoms with Crippen LogP contribution in [0.2, 0.25) is 5.02 Å². The van der Waals surface area contributed by atoms with Gasteiger partial charge in [0, 0.05) is 17.1 Å². The van der Waals surface area contributed by atoms with Crippen LogP contribution in [0, 0.1) is 20.8 Å². The predicted molar refractivity (Wildman–Crippen MR) is 92.4 cm³/mol. The highest BCUT2D eigenvalue weighted by atomic mass is 35.5. The molecule has 1 aromatic carbocycles. The zero-order valence-electron chi connectivity index (χ0n) is 14.1. The first-order valence-corrected chi connectivity index (χ1v) is 7.87. The average Bonchev–Trinajstić information content (AvgIpc) is 2.75. The van der Waals surface area contributed by atoms with Gasteiger partial charge in [-0.15, -0.1) is 0 Å². The van der Waals surface area contributed by atoms with E-state index in [1.54, 1.807) is 25.3 Å². The second-order valence-electron chi connectivity index (χ2n) is 5.69. The largest absolute Gasteiger partial charge is 0.495 e. The first kappa shape index (κ1) is 17.3. The van der Waals surface area contributed by atoms with Gasteiger partial charge in [0.15, 0.2) is 0 Å². The highest BCUT2D eigenvalue weighted by Crippen LogP contribution is 2.28. The zero-order chi connectivity index (χ0) is 17.1. The molecule has 1 atom stereocenters. The molecule has 124 valence electrons. The van der Waals surface area contributed by atoms with Crippen molar-refractivity contribution < 1.29 is 9.53 Å². The van der Waals surface area contributed by atoms with Crippen LogP contribution in [0.3, 0.4) is 0 Å². The fourth-order valence-corrected chi connectivity index (χ4v) is 2.68. The number of aryl methyl sites for hydroxylation is 1. The standard InChI is InChI=1S/C17H22ClN3O2/c1-10(21-13(4)11(2)12(3)20-21)8-17(22)19-15-9-14(18)6-7-16(15)23-5/h6-7,9-10H,8H2,1-5H3,(H,19,22). The van der Waals surface area contributed by atoms with Crippen molar-refractivity contribution in [2.45, 2.75) is 40.2 Å². The van der Waals surface area contributed by atoms with Crippen molar-refractivity contribution in [1.82, 2.24) is 9.78 Å². The molecule has 6 heteroatoms. The van der Waals surface area contributed by atoms with Gasteiger partial charge in [0.1, 0.15) is 5.75 Å². The number of hydrogen-bond acceptors (Lipinski definition) is 3. The van der Waals surface area contributed by atoms with E-state index in [-0.39, 0.29) is 11.9 Å². The number of hydrogen-bond donors (Lipinski definition) is 1. The Hall–Kier alpha value is -2.01. The number of rotatable bonds is 5. The number of anilines is 1. The van der Waals surface area contributed by atoms with E-state index in [1.807, 2.05) is 32.4 Å². The lowest BCUT2D eigenvalue weighted by molar-refractivity contribution is -0.116. The maximum Gasteiger partial charge on any atom is 0.226 e. The fourth-order valence-electron chi connectivity index (χ4n) is 2.51. The van der Waals surface area contributed by atoms with Gasteiger partial charge in [-0.1, -0.05) is 11.6 Å². The Morgan fingerprint density at radius 3 is 2.65 bits per heavy atom. The van der Waals surface area contributed by atoms with Crippen molar-refractivity contribution >= 4 is 23.2 Å². The van der Waals surface area contributed by atoms with E-state index < -0.39 is 0 Å². The molecule has 0 aliphatic carbocycles. The van der Waals surface area contributed by atoms with Crippen molar-refractivity contribution in [3.8, 4) is 5.75 Å². The highest BCUT2D eigenvalue weighted by molar-refractivity contribution is 6.31. The molecule has 0 fully saturated rings. The molecule has 1 N–H and O–H groups in total. The number of ether oxygens (including phenoxy) is 1. The van der Waals surface area contributed by atoms with Gasteiger partial charge in [-0.05, 0) is 51.5 Å². The van der Waals surface area contributed by atoms with Crippen LogP contribution < -0.4 is 10.1 Å². The maximum atomic E-state index is 12.3. The summed E-state index contributed by atoms with van der Waals surface area (Å²) in [6, 6.07) is 5.09. The Labute approximate surface area is 141 Å². The van der Waals surface area contributed by atoms with Gasteiger partial charge in [-0.3, -0.25) is 9.48 Å². The normalized spacial score (nSPS) is 12.1. The van der Waals surface area contributed by atoms with E-state index in [0.29, 0.717) is 22.9 Å². The van der Waals surface area contributed by atoms with Gasteiger partial charge in [0.25, 0.3) is 0 Å². The topological polar surface area (TPSA) is 56.1 Å². The number of aromatic nitrogens is 2. The first-order valence-electron chi connectivity index (χ1n) is 7.49. The number of amides is 1. The molecule has 1 unspecified atom stereocenters. The van der Waals surface area contributed by atoms with E-state index in [4.69, 9.17) is 16.3 Å². The third-order valence-electron chi connectivity index (χ3n) is 4.02. The summed E-state index contributed by atoms with van der Waals surface area (Å²) in [5.74, 6) is 0.473. The highest BCUT2D eigenvalue weighted by Gasteiger charge is 2.17.